The van der Waals surface area contributed by atoms with E-state index in [0.717, 1.165) is 49.7 Å². The van der Waals surface area contributed by atoms with Crippen LogP contribution in [0, 0.1) is 23.2 Å². The van der Waals surface area contributed by atoms with Crippen LogP contribution in [0.4, 0.5) is 5.69 Å². The van der Waals surface area contributed by atoms with Crippen LogP contribution >= 0.6 is 23.1 Å². The lowest BCUT2D eigenvalue weighted by Crippen LogP contribution is -2.42. The van der Waals surface area contributed by atoms with Gasteiger partial charge in [-0.2, -0.15) is 5.26 Å². The van der Waals surface area contributed by atoms with Crippen LogP contribution in [0.1, 0.15) is 38.7 Å². The number of thioether (sulfide) groups is 1. The van der Waals surface area contributed by atoms with Crippen molar-refractivity contribution in [2.45, 2.75) is 48.7 Å². The van der Waals surface area contributed by atoms with E-state index in [2.05, 4.69) is 6.07 Å². The van der Waals surface area contributed by atoms with E-state index in [9.17, 15) is 14.9 Å². The lowest BCUT2D eigenvalue weighted by atomic mass is 9.67. The molecule has 0 spiro atoms. The number of benzene rings is 3. The van der Waals surface area contributed by atoms with E-state index >= 15 is 0 Å². The average Bonchev–Trinajstić information content (AvgIpc) is 3.66. The minimum atomic E-state index is -0.698. The molecule has 2 amide bonds. The third-order valence-electron chi connectivity index (χ3n) is 8.67. The van der Waals surface area contributed by atoms with Gasteiger partial charge in [0.25, 0.3) is 0 Å². The summed E-state index contributed by atoms with van der Waals surface area (Å²) in [6.45, 7) is 4.55. The quantitative estimate of drug-likeness (QED) is 0.190. The number of thiazole rings is 1. The first kappa shape index (κ1) is 25.5. The minimum absolute atomic E-state index is 0.251. The summed E-state index contributed by atoms with van der Waals surface area (Å²) in [4.78, 5) is 34.0. The van der Waals surface area contributed by atoms with Crippen LogP contribution in [0.15, 0.2) is 58.9 Å². The molecule has 4 atom stereocenters. The number of amides is 2. The summed E-state index contributed by atoms with van der Waals surface area (Å²) in [5.74, 6) is -0.0472. The zero-order valence-corrected chi connectivity index (χ0v) is 23.8. The van der Waals surface area contributed by atoms with Crippen LogP contribution in [-0.2, 0) is 14.3 Å². The van der Waals surface area contributed by atoms with Crippen molar-refractivity contribution in [2.75, 3.05) is 17.3 Å². The molecule has 202 valence electrons. The number of imide groups is 1. The molecule has 0 radical (unpaired) electrons. The van der Waals surface area contributed by atoms with E-state index in [1.807, 2.05) is 62.4 Å². The summed E-state index contributed by atoms with van der Waals surface area (Å²) in [6.07, 6.45) is 2.11. The van der Waals surface area contributed by atoms with E-state index in [4.69, 9.17) is 14.5 Å². The number of aromatic nitrogens is 1. The van der Waals surface area contributed by atoms with Crippen LogP contribution in [0.5, 0.6) is 5.75 Å². The standard InChI is InChI=1S/C31H27N3O4S2/c1-3-37-19-9-10-22-24(16-19)40-29(33-22)39-15-14-31-13-12-30(2,38-31)25-26(31)28(36)34(27(25)35)23-11-8-18-6-4-5-7-20(18)21(23)17-32/h4-11,16,25-26H,3,12-15H2,1-2H3. The van der Waals surface area contributed by atoms with Crippen molar-refractivity contribution in [3.05, 3.63) is 60.2 Å². The predicted octanol–water partition coefficient (Wildman–Crippen LogP) is 6.33. The highest BCUT2D eigenvalue weighted by atomic mass is 32.2. The fraction of sp³-hybridized carbons (Fsp3) is 0.355. The molecular formula is C31H27N3O4S2. The Morgan fingerprint density at radius 1 is 1.15 bits per heavy atom. The van der Waals surface area contributed by atoms with Crippen LogP contribution in [-0.4, -0.2) is 40.4 Å². The molecule has 0 aliphatic carbocycles. The Bertz CT molecular complexity index is 1750. The van der Waals surface area contributed by atoms with Gasteiger partial charge in [0, 0.05) is 11.1 Å². The molecule has 7 rings (SSSR count). The summed E-state index contributed by atoms with van der Waals surface area (Å²) < 4.78 is 14.3. The third kappa shape index (κ3) is 3.70. The molecule has 3 aliphatic rings. The SMILES string of the molecule is CCOc1ccc2nc(SCCC34CCC(C)(O3)C3C(=O)N(c5ccc6ccccc6c5C#N)C(=O)C34)sc2c1. The number of hydrogen-bond donors (Lipinski definition) is 0. The molecule has 7 nitrogen and oxygen atoms in total. The molecule has 1 aromatic heterocycles. The Labute approximate surface area is 240 Å². The van der Waals surface area contributed by atoms with Gasteiger partial charge in [-0.3, -0.25) is 9.59 Å². The lowest BCUT2D eigenvalue weighted by Gasteiger charge is -2.31. The summed E-state index contributed by atoms with van der Waals surface area (Å²) >= 11 is 3.29. The first-order valence-corrected chi connectivity index (χ1v) is 15.3. The Hall–Kier alpha value is -3.45. The predicted molar refractivity (Wildman–Crippen MR) is 156 cm³/mol. The van der Waals surface area contributed by atoms with E-state index < -0.39 is 23.0 Å². The van der Waals surface area contributed by atoms with Gasteiger partial charge < -0.3 is 9.47 Å². The largest absolute Gasteiger partial charge is 0.494 e. The highest BCUT2D eigenvalue weighted by Crippen LogP contribution is 2.62. The number of fused-ring (bicyclic) bond motifs is 7. The molecular weight excluding hydrogens is 542 g/mol. The van der Waals surface area contributed by atoms with Crippen LogP contribution in [0.25, 0.3) is 21.0 Å². The fourth-order valence-corrected chi connectivity index (χ4v) is 9.19. The van der Waals surface area contributed by atoms with Gasteiger partial charge in [0.2, 0.25) is 11.8 Å². The van der Waals surface area contributed by atoms with Gasteiger partial charge in [0.05, 0.1) is 51.1 Å². The number of ether oxygens (including phenoxy) is 2. The number of nitrogens with zero attached hydrogens (tertiary/aromatic N) is 3. The minimum Gasteiger partial charge on any atom is -0.494 e. The Morgan fingerprint density at radius 3 is 2.80 bits per heavy atom. The van der Waals surface area contributed by atoms with Gasteiger partial charge in [0.1, 0.15) is 11.8 Å². The first-order chi connectivity index (χ1) is 19.4. The van der Waals surface area contributed by atoms with Gasteiger partial charge in [-0.1, -0.05) is 42.1 Å². The summed E-state index contributed by atoms with van der Waals surface area (Å²) in [5, 5.41) is 11.7. The Balaban J connectivity index is 1.16. The zero-order chi connectivity index (χ0) is 27.6. The number of carbonyl (C=O) groups is 2. The van der Waals surface area contributed by atoms with E-state index in [0.29, 0.717) is 24.3 Å². The second-order valence-electron chi connectivity index (χ2n) is 10.9. The van der Waals surface area contributed by atoms with Gasteiger partial charge in [-0.15, -0.1) is 11.3 Å². The number of hydrogen-bond acceptors (Lipinski definition) is 8. The molecule has 3 aliphatic heterocycles. The van der Waals surface area contributed by atoms with Crippen LogP contribution < -0.4 is 9.64 Å². The highest BCUT2D eigenvalue weighted by molar-refractivity contribution is 8.01. The maximum atomic E-state index is 14.1. The molecule has 4 heterocycles. The van der Waals surface area contributed by atoms with Crippen molar-refractivity contribution in [3.8, 4) is 11.8 Å². The smallest absolute Gasteiger partial charge is 0.240 e. The van der Waals surface area contributed by atoms with Crippen molar-refractivity contribution < 1.29 is 19.1 Å². The number of nitriles is 1. The zero-order valence-electron chi connectivity index (χ0n) is 22.2. The topological polar surface area (TPSA) is 92.5 Å². The van der Waals surface area contributed by atoms with Gasteiger partial charge >= 0.3 is 0 Å². The number of rotatable bonds is 7. The first-order valence-electron chi connectivity index (χ1n) is 13.5. The van der Waals surface area contributed by atoms with Crippen molar-refractivity contribution in [3.63, 3.8) is 0 Å². The number of carbonyl (C=O) groups excluding carboxylic acids is 2. The summed E-state index contributed by atoms with van der Waals surface area (Å²) in [6, 6.07) is 19.3. The second kappa shape index (κ2) is 9.30. The van der Waals surface area contributed by atoms with Crippen molar-refractivity contribution in [1.29, 1.82) is 5.26 Å². The fourth-order valence-electron chi connectivity index (χ4n) is 6.92. The molecule has 3 fully saturated rings. The van der Waals surface area contributed by atoms with Crippen molar-refractivity contribution >= 4 is 61.6 Å². The van der Waals surface area contributed by atoms with Crippen LogP contribution in [0.3, 0.4) is 0 Å². The molecule has 3 saturated heterocycles. The second-order valence-corrected chi connectivity index (χ2v) is 13.3. The Kier molecular flexibility index (Phi) is 5.93. The highest BCUT2D eigenvalue weighted by Gasteiger charge is 2.73. The molecule has 4 aromatic rings. The van der Waals surface area contributed by atoms with E-state index in [-0.39, 0.29) is 11.8 Å². The van der Waals surface area contributed by atoms with E-state index in [1.54, 1.807) is 29.2 Å². The maximum Gasteiger partial charge on any atom is 0.240 e. The molecule has 0 N–H and O–H groups in total. The van der Waals surface area contributed by atoms with Gasteiger partial charge in [0.15, 0.2) is 4.34 Å². The van der Waals surface area contributed by atoms with Crippen LogP contribution in [0.2, 0.25) is 0 Å². The molecule has 40 heavy (non-hydrogen) atoms. The molecule has 2 bridgehead atoms. The summed E-state index contributed by atoms with van der Waals surface area (Å²) in [5.41, 5.74) is 0.281. The Morgan fingerprint density at radius 2 is 1.98 bits per heavy atom. The van der Waals surface area contributed by atoms with Gasteiger partial charge in [-0.05, 0) is 62.8 Å². The van der Waals surface area contributed by atoms with E-state index in [1.165, 1.54) is 4.90 Å². The van der Waals surface area contributed by atoms with Crippen molar-refractivity contribution in [2.24, 2.45) is 11.8 Å². The van der Waals surface area contributed by atoms with Gasteiger partial charge in [-0.25, -0.2) is 9.88 Å². The number of anilines is 1. The normalized spacial score (nSPS) is 27.1. The lowest BCUT2D eigenvalue weighted by molar-refractivity contribution is -0.130. The average molecular weight is 570 g/mol. The maximum absolute atomic E-state index is 14.1. The molecule has 0 saturated carbocycles. The molecule has 4 unspecified atom stereocenters. The monoisotopic (exact) mass is 569 g/mol. The molecule has 3 aromatic carbocycles. The molecule has 9 heteroatoms. The summed E-state index contributed by atoms with van der Waals surface area (Å²) in [7, 11) is 0. The third-order valence-corrected chi connectivity index (χ3v) is 10.8. The van der Waals surface area contributed by atoms with Crippen molar-refractivity contribution in [1.82, 2.24) is 4.98 Å².